The van der Waals surface area contributed by atoms with Gasteiger partial charge >= 0.3 is 0 Å². The Morgan fingerprint density at radius 1 is 1.38 bits per heavy atom. The van der Waals surface area contributed by atoms with Crippen molar-refractivity contribution in [1.29, 1.82) is 0 Å². The Morgan fingerprint density at radius 3 is 2.67 bits per heavy atom. The Kier molecular flexibility index (Phi) is 7.26. The molecule has 3 saturated heterocycles. The molecule has 0 amide bonds. The molecule has 1 aromatic rings. The third-order valence-electron chi connectivity index (χ3n) is 4.69. The highest BCUT2D eigenvalue weighted by molar-refractivity contribution is 14.0. The molecule has 24 heavy (non-hydrogen) atoms. The van der Waals surface area contributed by atoms with Gasteiger partial charge in [0.1, 0.15) is 0 Å². The van der Waals surface area contributed by atoms with Crippen molar-refractivity contribution in [3.8, 4) is 0 Å². The predicted octanol–water partition coefficient (Wildman–Crippen LogP) is -0.764. The van der Waals surface area contributed by atoms with E-state index >= 15 is 0 Å². The van der Waals surface area contributed by atoms with Crippen molar-refractivity contribution in [2.45, 2.75) is 12.1 Å². The number of aromatic nitrogens is 2. The second kappa shape index (κ2) is 8.97. The third-order valence-corrected chi connectivity index (χ3v) is 4.69. The van der Waals surface area contributed by atoms with Crippen LogP contribution in [0.3, 0.4) is 0 Å². The molecule has 9 heteroatoms. The highest BCUT2D eigenvalue weighted by Gasteiger charge is 2.31. The van der Waals surface area contributed by atoms with Gasteiger partial charge in [-0.05, 0) is 0 Å². The van der Waals surface area contributed by atoms with E-state index in [4.69, 9.17) is 0 Å². The molecule has 4 rings (SSSR count). The van der Waals surface area contributed by atoms with Crippen LogP contribution in [-0.4, -0.2) is 89.5 Å². The number of guanidine groups is 1. The van der Waals surface area contributed by atoms with Crippen LogP contribution < -0.4 is 10.6 Å². The molecule has 2 bridgehead atoms. The zero-order valence-corrected chi connectivity index (χ0v) is 16.7. The fraction of sp³-hybridized carbons (Fsp3) is 0.733. The summed E-state index contributed by atoms with van der Waals surface area (Å²) in [6.45, 7) is 7.13. The lowest BCUT2D eigenvalue weighted by molar-refractivity contribution is 0.0154. The number of hydrogen-bond acceptors (Lipinski definition) is 5. The minimum absolute atomic E-state index is 0. The number of nitrogens with zero attached hydrogens (tertiary/aromatic N) is 5. The molecular formula is C15H28IN7O. The van der Waals surface area contributed by atoms with Gasteiger partial charge in [-0.15, -0.1) is 24.0 Å². The lowest BCUT2D eigenvalue weighted by atomic mass is 10.1. The molecule has 136 valence electrons. The molecule has 2 atom stereocenters. The number of aliphatic imine (C=N–C) groups is 1. The minimum Gasteiger partial charge on any atom is -0.386 e. The lowest BCUT2D eigenvalue weighted by Gasteiger charge is -2.47. The third kappa shape index (κ3) is 4.80. The fourth-order valence-corrected chi connectivity index (χ4v) is 3.28. The van der Waals surface area contributed by atoms with Crippen molar-refractivity contribution in [2.75, 3.05) is 52.9 Å². The molecule has 3 N–H and O–H groups in total. The summed E-state index contributed by atoms with van der Waals surface area (Å²) in [7, 11) is 3.59. The molecule has 1 aromatic heterocycles. The minimum atomic E-state index is -0.595. The maximum atomic E-state index is 10.2. The first kappa shape index (κ1) is 19.4. The largest absolute Gasteiger partial charge is 0.386 e. The molecule has 0 saturated carbocycles. The van der Waals surface area contributed by atoms with Crippen LogP contribution in [0.4, 0.5) is 0 Å². The number of hydrogen-bond donors (Lipinski definition) is 3. The molecule has 0 spiro atoms. The van der Waals surface area contributed by atoms with Crippen LogP contribution in [0, 0.1) is 0 Å². The van der Waals surface area contributed by atoms with E-state index in [1.165, 1.54) is 13.1 Å². The van der Waals surface area contributed by atoms with Crippen LogP contribution in [0.25, 0.3) is 0 Å². The smallest absolute Gasteiger partial charge is 0.191 e. The van der Waals surface area contributed by atoms with Gasteiger partial charge in [0.2, 0.25) is 0 Å². The number of nitrogens with one attached hydrogen (secondary N) is 2. The Labute approximate surface area is 160 Å². The number of halogens is 1. The molecule has 3 aliphatic rings. The monoisotopic (exact) mass is 449 g/mol. The molecule has 3 aliphatic heterocycles. The van der Waals surface area contributed by atoms with Crippen LogP contribution in [0.1, 0.15) is 11.7 Å². The average molecular weight is 449 g/mol. The van der Waals surface area contributed by atoms with Gasteiger partial charge < -0.3 is 15.7 Å². The van der Waals surface area contributed by atoms with Gasteiger partial charge in [-0.1, -0.05) is 0 Å². The van der Waals surface area contributed by atoms with E-state index in [1.807, 2.05) is 13.2 Å². The van der Waals surface area contributed by atoms with Gasteiger partial charge in [-0.3, -0.25) is 19.5 Å². The number of aryl methyl sites for hydroxylation is 1. The van der Waals surface area contributed by atoms with E-state index in [2.05, 4.69) is 30.5 Å². The van der Waals surface area contributed by atoms with Gasteiger partial charge in [0.05, 0.1) is 12.3 Å². The Hall–Kier alpha value is -0.910. The number of aliphatic hydroxyl groups excluding tert-OH is 1. The van der Waals surface area contributed by atoms with E-state index in [0.717, 1.165) is 37.7 Å². The first-order chi connectivity index (χ1) is 11.2. The van der Waals surface area contributed by atoms with Gasteiger partial charge in [0, 0.05) is 77.7 Å². The number of rotatable bonds is 5. The Morgan fingerprint density at radius 2 is 2.12 bits per heavy atom. The van der Waals surface area contributed by atoms with E-state index in [9.17, 15) is 5.11 Å². The summed E-state index contributed by atoms with van der Waals surface area (Å²) >= 11 is 0. The van der Waals surface area contributed by atoms with Crippen LogP contribution in [0.5, 0.6) is 0 Å². The van der Waals surface area contributed by atoms with Crippen molar-refractivity contribution in [2.24, 2.45) is 12.0 Å². The Balaban J connectivity index is 0.00000208. The lowest BCUT2D eigenvalue weighted by Crippen LogP contribution is -2.63. The van der Waals surface area contributed by atoms with Crippen LogP contribution in [-0.2, 0) is 7.05 Å². The van der Waals surface area contributed by atoms with Gasteiger partial charge in [-0.25, -0.2) is 0 Å². The summed E-state index contributed by atoms with van der Waals surface area (Å²) in [5.41, 5.74) is 0.805. The van der Waals surface area contributed by atoms with Gasteiger partial charge in [0.25, 0.3) is 0 Å². The van der Waals surface area contributed by atoms with Crippen LogP contribution in [0.15, 0.2) is 17.4 Å². The van der Waals surface area contributed by atoms with Gasteiger partial charge in [-0.2, -0.15) is 5.10 Å². The highest BCUT2D eigenvalue weighted by Crippen LogP contribution is 2.14. The van der Waals surface area contributed by atoms with E-state index in [-0.39, 0.29) is 24.0 Å². The summed E-state index contributed by atoms with van der Waals surface area (Å²) in [5, 5.41) is 20.8. The maximum absolute atomic E-state index is 10.2. The number of aliphatic hydroxyl groups is 1. The van der Waals surface area contributed by atoms with Crippen molar-refractivity contribution in [1.82, 2.24) is 30.2 Å². The quantitative estimate of drug-likeness (QED) is 0.312. The SMILES string of the molecule is CN=C(NCC(O)c1cnn(C)c1)NCC1CN2CCN1CC2.I. The summed E-state index contributed by atoms with van der Waals surface area (Å²) in [6.07, 6.45) is 2.91. The fourth-order valence-electron chi connectivity index (χ4n) is 3.28. The molecule has 8 nitrogen and oxygen atoms in total. The second-order valence-electron chi connectivity index (χ2n) is 6.29. The van der Waals surface area contributed by atoms with Crippen molar-refractivity contribution in [3.05, 3.63) is 18.0 Å². The predicted molar refractivity (Wildman–Crippen MR) is 105 cm³/mol. The zero-order chi connectivity index (χ0) is 16.2. The molecule has 4 heterocycles. The summed E-state index contributed by atoms with van der Waals surface area (Å²) in [6, 6.07) is 0.541. The molecule has 0 radical (unpaired) electrons. The van der Waals surface area contributed by atoms with Crippen molar-refractivity contribution >= 4 is 29.9 Å². The molecule has 0 aromatic carbocycles. The molecule has 0 aliphatic carbocycles. The summed E-state index contributed by atoms with van der Waals surface area (Å²) in [4.78, 5) is 9.30. The maximum Gasteiger partial charge on any atom is 0.191 e. The standard InChI is InChI=1S/C15H27N7O.HI/c1-16-15(18-9-14(23)12-7-19-20(2)10-12)17-8-13-11-21-3-5-22(13)6-4-21;/h7,10,13-14,23H,3-6,8-9,11H2,1-2H3,(H2,16,17,18);1H. The number of fused-ring (bicyclic) bond motifs is 3. The van der Waals surface area contributed by atoms with Gasteiger partial charge in [0.15, 0.2) is 5.96 Å². The van der Waals surface area contributed by atoms with Crippen LogP contribution in [0.2, 0.25) is 0 Å². The normalized spacial score (nSPS) is 27.5. The summed E-state index contributed by atoms with van der Waals surface area (Å²) < 4.78 is 1.69. The first-order valence-electron chi connectivity index (χ1n) is 8.23. The van der Waals surface area contributed by atoms with Crippen molar-refractivity contribution in [3.63, 3.8) is 0 Å². The number of piperazine rings is 3. The average Bonchev–Trinajstić information content (AvgIpc) is 3.02. The highest BCUT2D eigenvalue weighted by atomic mass is 127. The summed E-state index contributed by atoms with van der Waals surface area (Å²) in [5.74, 6) is 0.727. The molecule has 2 unspecified atom stereocenters. The molecular weight excluding hydrogens is 421 g/mol. The van der Waals surface area contributed by atoms with E-state index < -0.39 is 6.10 Å². The molecule has 3 fully saturated rings. The van der Waals surface area contributed by atoms with E-state index in [1.54, 1.807) is 17.9 Å². The van der Waals surface area contributed by atoms with Crippen LogP contribution >= 0.6 is 24.0 Å². The topological polar surface area (TPSA) is 80.9 Å². The van der Waals surface area contributed by atoms with Crippen molar-refractivity contribution < 1.29 is 5.11 Å². The first-order valence-corrected chi connectivity index (χ1v) is 8.23. The van der Waals surface area contributed by atoms with E-state index in [0.29, 0.717) is 12.6 Å². The zero-order valence-electron chi connectivity index (χ0n) is 14.4. The Bertz CT molecular complexity index is 542. The second-order valence-corrected chi connectivity index (χ2v) is 6.29.